The molecule has 0 unspecified atom stereocenters. The molecule has 0 aromatic heterocycles. The van der Waals surface area contributed by atoms with Gasteiger partial charge in [-0.2, -0.15) is 0 Å². The van der Waals surface area contributed by atoms with Crippen molar-refractivity contribution in [1.82, 2.24) is 0 Å². The van der Waals surface area contributed by atoms with Crippen LogP contribution < -0.4 is 15.2 Å². The van der Waals surface area contributed by atoms with Crippen molar-refractivity contribution in [3.05, 3.63) is 58.1 Å². The van der Waals surface area contributed by atoms with E-state index >= 15 is 0 Å². The molecule has 2 aromatic rings. The predicted octanol–water partition coefficient (Wildman–Crippen LogP) is 2.85. The van der Waals surface area contributed by atoms with E-state index in [2.05, 4.69) is 0 Å². The largest absolute Gasteiger partial charge is 0.490 e. The van der Waals surface area contributed by atoms with Crippen LogP contribution >= 0.6 is 0 Å². The first-order chi connectivity index (χ1) is 9.63. The first kappa shape index (κ1) is 13.8. The highest BCUT2D eigenvalue weighted by molar-refractivity contribution is 5.51. The first-order valence-electron chi connectivity index (χ1n) is 5.93. The van der Waals surface area contributed by atoms with Crippen molar-refractivity contribution >= 4 is 5.69 Å². The molecule has 0 aliphatic rings. The van der Waals surface area contributed by atoms with Gasteiger partial charge in [0, 0.05) is 18.7 Å². The molecule has 2 N–H and O–H groups in total. The quantitative estimate of drug-likeness (QED) is 0.669. The summed E-state index contributed by atoms with van der Waals surface area (Å²) in [7, 11) is 1.38. The van der Waals surface area contributed by atoms with Crippen LogP contribution in [0.5, 0.6) is 17.2 Å². The number of nitrogens with zero attached hydrogens (tertiary/aromatic N) is 1. The Morgan fingerprint density at radius 3 is 2.60 bits per heavy atom. The lowest BCUT2D eigenvalue weighted by atomic mass is 10.2. The second-order valence-corrected chi connectivity index (χ2v) is 4.04. The predicted molar refractivity (Wildman–Crippen MR) is 74.1 cm³/mol. The molecule has 0 radical (unpaired) electrons. The van der Waals surface area contributed by atoms with Crippen molar-refractivity contribution in [3.63, 3.8) is 0 Å². The molecule has 0 saturated carbocycles. The molecule has 20 heavy (non-hydrogen) atoms. The molecule has 0 aliphatic carbocycles. The van der Waals surface area contributed by atoms with E-state index in [1.54, 1.807) is 6.07 Å². The Hall–Kier alpha value is -2.60. The van der Waals surface area contributed by atoms with Crippen LogP contribution in [0.25, 0.3) is 0 Å². The van der Waals surface area contributed by atoms with Crippen molar-refractivity contribution in [2.75, 3.05) is 7.11 Å². The summed E-state index contributed by atoms with van der Waals surface area (Å²) in [6, 6.07) is 11.7. The lowest BCUT2D eigenvalue weighted by Crippen LogP contribution is -1.96. The van der Waals surface area contributed by atoms with Gasteiger partial charge in [0.2, 0.25) is 5.75 Å². The summed E-state index contributed by atoms with van der Waals surface area (Å²) < 4.78 is 10.6. The van der Waals surface area contributed by atoms with E-state index in [4.69, 9.17) is 15.2 Å². The molecule has 0 amide bonds. The third-order valence-corrected chi connectivity index (χ3v) is 2.72. The number of ether oxygens (including phenoxy) is 2. The number of nitro benzene ring substituents is 1. The summed E-state index contributed by atoms with van der Waals surface area (Å²) in [5.41, 5.74) is 6.40. The first-order valence-corrected chi connectivity index (χ1v) is 5.93. The van der Waals surface area contributed by atoms with Gasteiger partial charge in [-0.15, -0.1) is 0 Å². The number of hydrogen-bond donors (Lipinski definition) is 1. The fraction of sp³-hybridized carbons (Fsp3) is 0.143. The molecule has 104 valence electrons. The van der Waals surface area contributed by atoms with Gasteiger partial charge in [0.05, 0.1) is 12.0 Å². The van der Waals surface area contributed by atoms with Crippen LogP contribution in [0.2, 0.25) is 0 Å². The number of hydrogen-bond acceptors (Lipinski definition) is 5. The van der Waals surface area contributed by atoms with Gasteiger partial charge >= 0.3 is 5.69 Å². The molecule has 2 aromatic carbocycles. The van der Waals surface area contributed by atoms with Gasteiger partial charge in [0.1, 0.15) is 11.5 Å². The number of methoxy groups -OCH3 is 1. The summed E-state index contributed by atoms with van der Waals surface area (Å²) in [6.07, 6.45) is 0. The lowest BCUT2D eigenvalue weighted by molar-refractivity contribution is -0.385. The van der Waals surface area contributed by atoms with Gasteiger partial charge < -0.3 is 15.2 Å². The highest BCUT2D eigenvalue weighted by atomic mass is 16.6. The molecule has 0 heterocycles. The highest BCUT2D eigenvalue weighted by Crippen LogP contribution is 2.33. The van der Waals surface area contributed by atoms with E-state index in [1.807, 2.05) is 18.2 Å². The molecule has 2 rings (SSSR count). The summed E-state index contributed by atoms with van der Waals surface area (Å²) in [5.74, 6) is 1.23. The number of nitrogens with two attached hydrogens (primary N) is 1. The van der Waals surface area contributed by atoms with Crippen molar-refractivity contribution in [2.45, 2.75) is 6.54 Å². The Balaban J connectivity index is 2.27. The van der Waals surface area contributed by atoms with Crippen molar-refractivity contribution in [2.24, 2.45) is 5.73 Å². The minimum absolute atomic E-state index is 0.101. The zero-order valence-electron chi connectivity index (χ0n) is 10.9. The van der Waals surface area contributed by atoms with E-state index in [0.29, 0.717) is 18.0 Å². The maximum Gasteiger partial charge on any atom is 0.311 e. The van der Waals surface area contributed by atoms with Crippen molar-refractivity contribution in [1.29, 1.82) is 0 Å². The SMILES string of the molecule is COc1cc(Oc2cccc(CN)c2)ccc1[N+](=O)[O-]. The average molecular weight is 274 g/mol. The molecular formula is C14H14N2O4. The lowest BCUT2D eigenvalue weighted by Gasteiger charge is -2.08. The molecule has 6 nitrogen and oxygen atoms in total. The van der Waals surface area contributed by atoms with Gasteiger partial charge in [-0.3, -0.25) is 10.1 Å². The van der Waals surface area contributed by atoms with Crippen LogP contribution in [0.15, 0.2) is 42.5 Å². The molecule has 0 fully saturated rings. The molecule has 0 bridgehead atoms. The molecule has 0 saturated heterocycles. The van der Waals surface area contributed by atoms with Gasteiger partial charge in [-0.25, -0.2) is 0 Å². The van der Waals surface area contributed by atoms with Crippen molar-refractivity contribution in [3.8, 4) is 17.2 Å². The smallest absolute Gasteiger partial charge is 0.311 e. The van der Waals surface area contributed by atoms with Crippen LogP contribution in [0.3, 0.4) is 0 Å². The van der Waals surface area contributed by atoms with Gasteiger partial charge in [-0.1, -0.05) is 12.1 Å². The summed E-state index contributed by atoms with van der Waals surface area (Å²) in [6.45, 7) is 0.417. The summed E-state index contributed by atoms with van der Waals surface area (Å²) >= 11 is 0. The standard InChI is InChI=1S/C14H14N2O4/c1-19-14-8-12(5-6-13(14)16(17)18)20-11-4-2-3-10(7-11)9-15/h2-8H,9,15H2,1H3. The zero-order chi connectivity index (χ0) is 14.5. The van der Waals surface area contributed by atoms with Crippen LogP contribution in [0.1, 0.15) is 5.56 Å². The van der Waals surface area contributed by atoms with E-state index in [0.717, 1.165) is 5.56 Å². The van der Waals surface area contributed by atoms with E-state index in [9.17, 15) is 10.1 Å². The van der Waals surface area contributed by atoms with E-state index < -0.39 is 4.92 Å². The fourth-order valence-corrected chi connectivity index (χ4v) is 1.74. The van der Waals surface area contributed by atoms with Gasteiger partial charge in [-0.05, 0) is 23.8 Å². The zero-order valence-corrected chi connectivity index (χ0v) is 10.9. The monoisotopic (exact) mass is 274 g/mol. The number of rotatable bonds is 5. The molecule has 0 atom stereocenters. The van der Waals surface area contributed by atoms with Crippen LogP contribution in [0, 0.1) is 10.1 Å². The van der Waals surface area contributed by atoms with Gasteiger partial charge in [0.25, 0.3) is 0 Å². The molecular weight excluding hydrogens is 260 g/mol. The Kier molecular flexibility index (Phi) is 4.17. The minimum atomic E-state index is -0.502. The second-order valence-electron chi connectivity index (χ2n) is 4.04. The maximum absolute atomic E-state index is 10.8. The highest BCUT2D eigenvalue weighted by Gasteiger charge is 2.15. The molecule has 6 heteroatoms. The van der Waals surface area contributed by atoms with Crippen LogP contribution in [0.4, 0.5) is 5.69 Å². The topological polar surface area (TPSA) is 87.6 Å². The Morgan fingerprint density at radius 1 is 1.20 bits per heavy atom. The summed E-state index contributed by atoms with van der Waals surface area (Å²) in [5, 5.41) is 10.8. The Morgan fingerprint density at radius 2 is 1.95 bits per heavy atom. The number of benzene rings is 2. The van der Waals surface area contributed by atoms with E-state index in [-0.39, 0.29) is 11.4 Å². The fourth-order valence-electron chi connectivity index (χ4n) is 1.74. The van der Waals surface area contributed by atoms with E-state index in [1.165, 1.54) is 25.3 Å². The molecule has 0 spiro atoms. The van der Waals surface area contributed by atoms with Crippen LogP contribution in [-0.2, 0) is 6.54 Å². The second kappa shape index (κ2) is 6.03. The molecule has 0 aliphatic heterocycles. The average Bonchev–Trinajstić information content (AvgIpc) is 2.47. The van der Waals surface area contributed by atoms with Crippen LogP contribution in [-0.4, -0.2) is 12.0 Å². The maximum atomic E-state index is 10.8. The van der Waals surface area contributed by atoms with Crippen molar-refractivity contribution < 1.29 is 14.4 Å². The minimum Gasteiger partial charge on any atom is -0.490 e. The third kappa shape index (κ3) is 3.04. The third-order valence-electron chi connectivity index (χ3n) is 2.72. The Bertz CT molecular complexity index is 628. The summed E-state index contributed by atoms with van der Waals surface area (Å²) in [4.78, 5) is 10.3. The number of nitro groups is 1. The Labute approximate surface area is 115 Å². The van der Waals surface area contributed by atoms with Gasteiger partial charge in [0.15, 0.2) is 0 Å². The normalized spacial score (nSPS) is 10.1.